The van der Waals surface area contributed by atoms with Crippen molar-refractivity contribution in [2.45, 2.75) is 13.5 Å². The molecule has 0 N–H and O–H groups in total. The van der Waals surface area contributed by atoms with Crippen molar-refractivity contribution < 1.29 is 9.53 Å². The summed E-state index contributed by atoms with van der Waals surface area (Å²) in [6, 6.07) is 3.44. The maximum atomic E-state index is 12.0. The molecular formula is C11H11ClN2O3. The number of carbonyl (C=O) groups excluding carboxylic acids is 1. The predicted octanol–water partition coefficient (Wildman–Crippen LogP) is 1.24. The SMILES string of the molecule is COC(=O)Cn1c(C)c2ccc(Cl)cn2c1=O. The van der Waals surface area contributed by atoms with Crippen molar-refractivity contribution in [1.82, 2.24) is 8.97 Å². The number of ether oxygens (including phenoxy) is 1. The zero-order chi connectivity index (χ0) is 12.6. The number of esters is 1. The molecule has 0 spiro atoms. The fourth-order valence-electron chi connectivity index (χ4n) is 1.72. The monoisotopic (exact) mass is 254 g/mol. The van der Waals surface area contributed by atoms with Crippen LogP contribution in [0.25, 0.3) is 5.52 Å². The van der Waals surface area contributed by atoms with Crippen molar-refractivity contribution >= 4 is 23.1 Å². The Labute approximate surface area is 102 Å². The van der Waals surface area contributed by atoms with Crippen LogP contribution in [0.2, 0.25) is 5.02 Å². The van der Waals surface area contributed by atoms with Crippen molar-refractivity contribution in [3.8, 4) is 0 Å². The molecule has 0 amide bonds. The standard InChI is InChI=1S/C11H11ClN2O3/c1-7-9-4-3-8(12)5-14(9)11(16)13(7)6-10(15)17-2/h3-5H,6H2,1-2H3. The van der Waals surface area contributed by atoms with Crippen LogP contribution in [0.5, 0.6) is 0 Å². The summed E-state index contributed by atoms with van der Waals surface area (Å²) in [5.74, 6) is -0.461. The first-order chi connectivity index (χ1) is 8.04. The molecule has 0 radical (unpaired) electrons. The van der Waals surface area contributed by atoms with Crippen LogP contribution >= 0.6 is 11.6 Å². The molecule has 0 fully saturated rings. The van der Waals surface area contributed by atoms with E-state index in [2.05, 4.69) is 4.74 Å². The zero-order valence-corrected chi connectivity index (χ0v) is 10.2. The Kier molecular flexibility index (Phi) is 2.93. The van der Waals surface area contributed by atoms with Crippen molar-refractivity contribution in [3.05, 3.63) is 39.5 Å². The summed E-state index contributed by atoms with van der Waals surface area (Å²) in [6.07, 6.45) is 1.53. The first-order valence-electron chi connectivity index (χ1n) is 4.98. The molecule has 5 nitrogen and oxygen atoms in total. The van der Waals surface area contributed by atoms with Gasteiger partial charge in [0.1, 0.15) is 6.54 Å². The van der Waals surface area contributed by atoms with E-state index >= 15 is 0 Å². The van der Waals surface area contributed by atoms with Crippen LogP contribution in [0.1, 0.15) is 5.69 Å². The van der Waals surface area contributed by atoms with Gasteiger partial charge in [0.05, 0.1) is 17.6 Å². The van der Waals surface area contributed by atoms with E-state index in [0.717, 1.165) is 5.52 Å². The number of hydrogen-bond donors (Lipinski definition) is 0. The predicted molar refractivity (Wildman–Crippen MR) is 63.4 cm³/mol. The lowest BCUT2D eigenvalue weighted by Gasteiger charge is -2.01. The van der Waals surface area contributed by atoms with Gasteiger partial charge < -0.3 is 4.74 Å². The highest BCUT2D eigenvalue weighted by Crippen LogP contribution is 2.13. The number of fused-ring (bicyclic) bond motifs is 1. The summed E-state index contributed by atoms with van der Waals surface area (Å²) in [4.78, 5) is 23.2. The first-order valence-corrected chi connectivity index (χ1v) is 5.36. The van der Waals surface area contributed by atoms with E-state index in [1.54, 1.807) is 19.1 Å². The quantitative estimate of drug-likeness (QED) is 0.758. The molecule has 0 saturated heterocycles. The van der Waals surface area contributed by atoms with E-state index < -0.39 is 5.97 Å². The van der Waals surface area contributed by atoms with Crippen LogP contribution in [0, 0.1) is 6.92 Å². The highest BCUT2D eigenvalue weighted by Gasteiger charge is 2.13. The van der Waals surface area contributed by atoms with Gasteiger partial charge in [-0.3, -0.25) is 13.8 Å². The molecule has 0 aliphatic rings. The average molecular weight is 255 g/mol. The maximum Gasteiger partial charge on any atom is 0.333 e. The summed E-state index contributed by atoms with van der Waals surface area (Å²) in [6.45, 7) is 1.67. The lowest BCUT2D eigenvalue weighted by molar-refractivity contribution is -0.141. The number of nitrogens with zero attached hydrogens (tertiary/aromatic N) is 2. The van der Waals surface area contributed by atoms with Crippen LogP contribution in [0.15, 0.2) is 23.1 Å². The number of halogens is 1. The topological polar surface area (TPSA) is 52.7 Å². The molecule has 2 aromatic heterocycles. The number of methoxy groups -OCH3 is 1. The molecule has 90 valence electrons. The minimum Gasteiger partial charge on any atom is -0.468 e. The summed E-state index contributed by atoms with van der Waals surface area (Å²) < 4.78 is 7.33. The van der Waals surface area contributed by atoms with Crippen molar-refractivity contribution in [1.29, 1.82) is 0 Å². The van der Waals surface area contributed by atoms with Gasteiger partial charge in [0.15, 0.2) is 0 Å². The van der Waals surface area contributed by atoms with Crippen LogP contribution in [0.4, 0.5) is 0 Å². The summed E-state index contributed by atoms with van der Waals surface area (Å²) in [5, 5.41) is 0.467. The Morgan fingerprint density at radius 1 is 1.47 bits per heavy atom. The molecule has 17 heavy (non-hydrogen) atoms. The van der Waals surface area contributed by atoms with E-state index in [0.29, 0.717) is 10.7 Å². The van der Waals surface area contributed by atoms with Crippen molar-refractivity contribution in [2.75, 3.05) is 7.11 Å². The fraction of sp³-hybridized carbons (Fsp3) is 0.273. The molecule has 0 atom stereocenters. The van der Waals surface area contributed by atoms with Crippen LogP contribution in [0.3, 0.4) is 0 Å². The van der Waals surface area contributed by atoms with E-state index in [1.807, 2.05) is 0 Å². The number of pyridine rings is 1. The van der Waals surface area contributed by atoms with Gasteiger partial charge in [0.2, 0.25) is 0 Å². The Hall–Kier alpha value is -1.75. The second kappa shape index (κ2) is 4.25. The number of hydrogen-bond acceptors (Lipinski definition) is 3. The Morgan fingerprint density at radius 2 is 2.18 bits per heavy atom. The molecular weight excluding hydrogens is 244 g/mol. The Bertz CT molecular complexity index is 642. The fourth-order valence-corrected chi connectivity index (χ4v) is 1.88. The first kappa shape index (κ1) is 11.7. The average Bonchev–Trinajstić information content (AvgIpc) is 2.54. The van der Waals surface area contributed by atoms with E-state index in [4.69, 9.17) is 11.6 Å². The molecule has 0 unspecified atom stereocenters. The number of carbonyl (C=O) groups is 1. The third kappa shape index (κ3) is 1.93. The largest absolute Gasteiger partial charge is 0.468 e. The normalized spacial score (nSPS) is 10.8. The number of rotatable bonds is 2. The second-order valence-electron chi connectivity index (χ2n) is 3.63. The molecule has 2 aromatic rings. The number of aryl methyl sites for hydroxylation is 1. The van der Waals surface area contributed by atoms with Crippen molar-refractivity contribution in [2.24, 2.45) is 0 Å². The highest BCUT2D eigenvalue weighted by molar-refractivity contribution is 6.30. The van der Waals surface area contributed by atoms with E-state index in [1.165, 1.54) is 22.3 Å². The molecule has 2 heterocycles. The van der Waals surface area contributed by atoms with E-state index in [-0.39, 0.29) is 12.2 Å². The van der Waals surface area contributed by atoms with Gasteiger partial charge in [-0.15, -0.1) is 0 Å². The summed E-state index contributed by atoms with van der Waals surface area (Å²) in [7, 11) is 1.29. The van der Waals surface area contributed by atoms with Crippen LogP contribution in [-0.2, 0) is 16.1 Å². The Morgan fingerprint density at radius 3 is 2.82 bits per heavy atom. The Balaban J connectivity index is 2.65. The lowest BCUT2D eigenvalue weighted by Crippen LogP contribution is -2.25. The summed E-state index contributed by atoms with van der Waals surface area (Å²) in [5.41, 5.74) is 1.13. The zero-order valence-electron chi connectivity index (χ0n) is 9.44. The van der Waals surface area contributed by atoms with Gasteiger partial charge in [-0.05, 0) is 19.1 Å². The van der Waals surface area contributed by atoms with Crippen molar-refractivity contribution in [3.63, 3.8) is 0 Å². The van der Waals surface area contributed by atoms with Crippen LogP contribution in [-0.4, -0.2) is 22.0 Å². The molecule has 0 bridgehead atoms. The summed E-state index contributed by atoms with van der Waals surface area (Å²) >= 11 is 5.82. The van der Waals surface area contributed by atoms with E-state index in [9.17, 15) is 9.59 Å². The van der Waals surface area contributed by atoms with Gasteiger partial charge in [-0.25, -0.2) is 4.79 Å². The minimum atomic E-state index is -0.461. The molecule has 0 aliphatic heterocycles. The van der Waals surface area contributed by atoms with Gasteiger partial charge in [0, 0.05) is 11.9 Å². The second-order valence-corrected chi connectivity index (χ2v) is 4.07. The minimum absolute atomic E-state index is 0.0968. The molecule has 0 aliphatic carbocycles. The van der Waals surface area contributed by atoms with Gasteiger partial charge in [-0.2, -0.15) is 0 Å². The molecule has 6 heteroatoms. The highest BCUT2D eigenvalue weighted by atomic mass is 35.5. The molecule has 0 aromatic carbocycles. The van der Waals surface area contributed by atoms with Gasteiger partial charge in [-0.1, -0.05) is 11.6 Å². The number of aromatic nitrogens is 2. The molecule has 2 rings (SSSR count). The van der Waals surface area contributed by atoms with Gasteiger partial charge in [0.25, 0.3) is 0 Å². The third-order valence-corrected chi connectivity index (χ3v) is 2.86. The molecule has 0 saturated carbocycles. The lowest BCUT2D eigenvalue weighted by atomic mass is 10.3. The van der Waals surface area contributed by atoms with Crippen LogP contribution < -0.4 is 5.69 Å². The van der Waals surface area contributed by atoms with Gasteiger partial charge >= 0.3 is 11.7 Å². The number of imidazole rings is 1. The third-order valence-electron chi connectivity index (χ3n) is 2.64. The maximum absolute atomic E-state index is 12.0. The smallest absolute Gasteiger partial charge is 0.333 e.